The summed E-state index contributed by atoms with van der Waals surface area (Å²) in [4.78, 5) is 0. The lowest BCUT2D eigenvalue weighted by Crippen LogP contribution is -2.30. The Morgan fingerprint density at radius 2 is 1.79 bits per heavy atom. The van der Waals surface area contributed by atoms with Gasteiger partial charge in [0.25, 0.3) is 0 Å². The molecule has 1 aromatic rings. The number of aryl methyl sites for hydroxylation is 1. The van der Waals surface area contributed by atoms with E-state index in [0.29, 0.717) is 6.04 Å². The third kappa shape index (κ3) is 3.76. The van der Waals surface area contributed by atoms with E-state index < -0.39 is 0 Å². The van der Waals surface area contributed by atoms with Gasteiger partial charge in [0.05, 0.1) is 0 Å². The highest BCUT2D eigenvalue weighted by Gasteiger charge is 2.32. The number of nitrogens with one attached hydrogen (secondary N) is 1. The molecule has 0 bridgehead atoms. The normalized spacial score (nSPS) is 22.4. The smallest absolute Gasteiger partial charge is 0.0348 e. The number of benzene rings is 1. The number of thioether (sulfide) groups is 1. The van der Waals surface area contributed by atoms with Gasteiger partial charge in [-0.25, -0.2) is 0 Å². The SMILES string of the molecule is Cc1ccc(C(NCC2CCSCC2)C2CC2)cc1. The molecule has 1 saturated carbocycles. The van der Waals surface area contributed by atoms with E-state index in [1.165, 1.54) is 54.9 Å². The molecule has 1 aliphatic carbocycles. The van der Waals surface area contributed by atoms with Crippen LogP contribution in [-0.4, -0.2) is 18.1 Å². The van der Waals surface area contributed by atoms with Crippen LogP contribution >= 0.6 is 11.8 Å². The Bertz CT molecular complexity index is 390. The Morgan fingerprint density at radius 1 is 1.11 bits per heavy atom. The van der Waals surface area contributed by atoms with E-state index in [1.54, 1.807) is 0 Å². The molecule has 1 heterocycles. The number of rotatable bonds is 5. The summed E-state index contributed by atoms with van der Waals surface area (Å²) in [6.07, 6.45) is 5.63. The van der Waals surface area contributed by atoms with Gasteiger partial charge < -0.3 is 5.32 Å². The molecule has 0 aromatic heterocycles. The lowest BCUT2D eigenvalue weighted by molar-refractivity contribution is 0.390. The van der Waals surface area contributed by atoms with Gasteiger partial charge in [0.2, 0.25) is 0 Å². The average Bonchev–Trinajstić information content (AvgIpc) is 3.27. The van der Waals surface area contributed by atoms with Gasteiger partial charge >= 0.3 is 0 Å². The van der Waals surface area contributed by atoms with E-state index >= 15 is 0 Å². The minimum Gasteiger partial charge on any atom is -0.309 e. The van der Waals surface area contributed by atoms with Gasteiger partial charge in [-0.2, -0.15) is 11.8 Å². The fourth-order valence-electron chi connectivity index (χ4n) is 3.00. The summed E-state index contributed by atoms with van der Waals surface area (Å²) in [6, 6.07) is 9.76. The van der Waals surface area contributed by atoms with Gasteiger partial charge in [-0.15, -0.1) is 0 Å². The maximum atomic E-state index is 3.88. The van der Waals surface area contributed by atoms with Crippen LogP contribution in [-0.2, 0) is 0 Å². The van der Waals surface area contributed by atoms with Crippen LogP contribution in [0.3, 0.4) is 0 Å². The second kappa shape index (κ2) is 6.32. The topological polar surface area (TPSA) is 12.0 Å². The van der Waals surface area contributed by atoms with Crippen molar-refractivity contribution in [1.82, 2.24) is 5.32 Å². The summed E-state index contributed by atoms with van der Waals surface area (Å²) >= 11 is 2.12. The third-order valence-electron chi connectivity index (χ3n) is 4.50. The predicted octanol–water partition coefficient (Wildman–Crippen LogP) is 4.18. The van der Waals surface area contributed by atoms with Gasteiger partial charge in [-0.3, -0.25) is 0 Å². The van der Waals surface area contributed by atoms with E-state index in [1.807, 2.05) is 0 Å². The van der Waals surface area contributed by atoms with Crippen LogP contribution in [0.1, 0.15) is 42.9 Å². The Morgan fingerprint density at radius 3 is 2.42 bits per heavy atom. The van der Waals surface area contributed by atoms with Crippen molar-refractivity contribution < 1.29 is 0 Å². The van der Waals surface area contributed by atoms with Crippen LogP contribution in [0.2, 0.25) is 0 Å². The molecule has 1 N–H and O–H groups in total. The first-order chi connectivity index (χ1) is 9.33. The largest absolute Gasteiger partial charge is 0.309 e. The van der Waals surface area contributed by atoms with Crippen molar-refractivity contribution in [3.63, 3.8) is 0 Å². The molecule has 1 aromatic carbocycles. The molecule has 1 saturated heterocycles. The van der Waals surface area contributed by atoms with Crippen molar-refractivity contribution in [2.75, 3.05) is 18.1 Å². The highest BCUT2D eigenvalue weighted by atomic mass is 32.2. The molecule has 1 nitrogen and oxygen atoms in total. The zero-order valence-corrected chi connectivity index (χ0v) is 12.7. The fourth-order valence-corrected chi connectivity index (χ4v) is 4.21. The molecule has 0 spiro atoms. The summed E-state index contributed by atoms with van der Waals surface area (Å²) in [5.41, 5.74) is 2.86. The van der Waals surface area contributed by atoms with Crippen molar-refractivity contribution in [3.8, 4) is 0 Å². The van der Waals surface area contributed by atoms with Crippen molar-refractivity contribution in [2.24, 2.45) is 11.8 Å². The molecular weight excluding hydrogens is 250 g/mol. The summed E-state index contributed by atoms with van der Waals surface area (Å²) in [7, 11) is 0. The lowest BCUT2D eigenvalue weighted by Gasteiger charge is -2.26. The van der Waals surface area contributed by atoms with Crippen molar-refractivity contribution in [2.45, 2.75) is 38.6 Å². The van der Waals surface area contributed by atoms with Crippen LogP contribution in [0.15, 0.2) is 24.3 Å². The zero-order chi connectivity index (χ0) is 13.1. The Labute approximate surface area is 121 Å². The minimum atomic E-state index is 0.607. The summed E-state index contributed by atoms with van der Waals surface area (Å²) in [5.74, 6) is 4.53. The van der Waals surface area contributed by atoms with Gasteiger partial charge in [0.1, 0.15) is 0 Å². The lowest BCUT2D eigenvalue weighted by atomic mass is 9.98. The van der Waals surface area contributed by atoms with Crippen LogP contribution < -0.4 is 5.32 Å². The van der Waals surface area contributed by atoms with Gasteiger partial charge in [0, 0.05) is 6.04 Å². The molecule has 1 unspecified atom stereocenters. The molecule has 0 amide bonds. The molecule has 3 rings (SSSR count). The third-order valence-corrected chi connectivity index (χ3v) is 5.55. The average molecular weight is 275 g/mol. The van der Waals surface area contributed by atoms with Gasteiger partial charge in [-0.1, -0.05) is 29.8 Å². The van der Waals surface area contributed by atoms with Crippen LogP contribution in [0.4, 0.5) is 0 Å². The van der Waals surface area contributed by atoms with E-state index in [-0.39, 0.29) is 0 Å². The molecule has 104 valence electrons. The van der Waals surface area contributed by atoms with Crippen LogP contribution in [0.25, 0.3) is 0 Å². The van der Waals surface area contributed by atoms with Gasteiger partial charge in [0.15, 0.2) is 0 Å². The first-order valence-corrected chi connectivity index (χ1v) is 8.86. The number of hydrogen-bond donors (Lipinski definition) is 1. The van der Waals surface area contributed by atoms with Crippen molar-refractivity contribution in [3.05, 3.63) is 35.4 Å². The van der Waals surface area contributed by atoms with E-state index in [9.17, 15) is 0 Å². The second-order valence-corrected chi connectivity index (χ2v) is 7.41. The van der Waals surface area contributed by atoms with E-state index in [2.05, 4.69) is 48.3 Å². The molecule has 2 fully saturated rings. The van der Waals surface area contributed by atoms with Crippen LogP contribution in [0.5, 0.6) is 0 Å². The van der Waals surface area contributed by atoms with E-state index in [0.717, 1.165) is 11.8 Å². The van der Waals surface area contributed by atoms with Gasteiger partial charge in [-0.05, 0) is 68.1 Å². The van der Waals surface area contributed by atoms with Crippen molar-refractivity contribution in [1.29, 1.82) is 0 Å². The Balaban J connectivity index is 1.59. The summed E-state index contributed by atoms with van der Waals surface area (Å²) in [5, 5.41) is 3.88. The maximum Gasteiger partial charge on any atom is 0.0348 e. The Kier molecular flexibility index (Phi) is 4.49. The molecule has 1 atom stereocenters. The monoisotopic (exact) mass is 275 g/mol. The maximum absolute atomic E-state index is 3.88. The quantitative estimate of drug-likeness (QED) is 0.865. The molecule has 19 heavy (non-hydrogen) atoms. The summed E-state index contributed by atoms with van der Waals surface area (Å²) < 4.78 is 0. The molecule has 0 radical (unpaired) electrons. The number of hydrogen-bond acceptors (Lipinski definition) is 2. The summed E-state index contributed by atoms with van der Waals surface area (Å²) in [6.45, 7) is 3.39. The first-order valence-electron chi connectivity index (χ1n) is 7.70. The highest BCUT2D eigenvalue weighted by molar-refractivity contribution is 7.99. The predicted molar refractivity (Wildman–Crippen MR) is 84.7 cm³/mol. The van der Waals surface area contributed by atoms with Crippen molar-refractivity contribution >= 4 is 11.8 Å². The highest BCUT2D eigenvalue weighted by Crippen LogP contribution is 2.41. The molecule has 2 heteroatoms. The standard InChI is InChI=1S/C17H25NS/c1-13-2-4-15(5-3-13)17(16-6-7-16)18-12-14-8-10-19-11-9-14/h2-5,14,16-18H,6-12H2,1H3. The molecule has 2 aliphatic rings. The molecular formula is C17H25NS. The first kappa shape index (κ1) is 13.5. The minimum absolute atomic E-state index is 0.607. The fraction of sp³-hybridized carbons (Fsp3) is 0.647. The van der Waals surface area contributed by atoms with Crippen LogP contribution in [0, 0.1) is 18.8 Å². The molecule has 1 aliphatic heterocycles. The second-order valence-electron chi connectivity index (χ2n) is 6.19. The zero-order valence-electron chi connectivity index (χ0n) is 11.9. The Hall–Kier alpha value is -0.470. The van der Waals surface area contributed by atoms with E-state index in [4.69, 9.17) is 0 Å².